The van der Waals surface area contributed by atoms with Gasteiger partial charge in [-0.3, -0.25) is 34.0 Å². The number of aromatic nitrogens is 5. The molecule has 0 radical (unpaired) electrons. The fourth-order valence-electron chi connectivity index (χ4n) is 9.37. The van der Waals surface area contributed by atoms with Crippen LogP contribution < -0.4 is 35.8 Å². The number of benzene rings is 2. The van der Waals surface area contributed by atoms with Crippen LogP contribution in [-0.4, -0.2) is 104 Å². The summed E-state index contributed by atoms with van der Waals surface area (Å²) < 4.78 is 57.0. The van der Waals surface area contributed by atoms with Crippen molar-refractivity contribution in [2.75, 3.05) is 70.7 Å². The summed E-state index contributed by atoms with van der Waals surface area (Å²) in [5, 5.41) is 23.0. The zero-order valence-corrected chi connectivity index (χ0v) is 40.8. The van der Waals surface area contributed by atoms with E-state index in [1.807, 2.05) is 36.2 Å². The Kier molecular flexibility index (Phi) is 13.9. The molecular weight excluding hydrogens is 967 g/mol. The van der Waals surface area contributed by atoms with Crippen molar-refractivity contribution in [1.82, 2.24) is 35.4 Å². The van der Waals surface area contributed by atoms with Gasteiger partial charge in [-0.2, -0.15) is 18.4 Å². The van der Waals surface area contributed by atoms with Crippen LogP contribution >= 0.6 is 12.2 Å². The second kappa shape index (κ2) is 20.3. The molecule has 0 aliphatic carbocycles. The Morgan fingerprint density at radius 3 is 2.26 bits per heavy atom. The van der Waals surface area contributed by atoms with E-state index in [0.29, 0.717) is 43.6 Å². The van der Waals surface area contributed by atoms with Crippen molar-refractivity contribution in [3.8, 4) is 6.07 Å². The number of nitrogens with one attached hydrogen (secondary N) is 3. The summed E-state index contributed by atoms with van der Waals surface area (Å²) in [6.45, 7) is 10.7. The Labute approximate surface area is 421 Å². The van der Waals surface area contributed by atoms with Crippen molar-refractivity contribution in [3.63, 3.8) is 0 Å². The second-order valence-corrected chi connectivity index (χ2v) is 19.0. The third-order valence-corrected chi connectivity index (χ3v) is 13.9. The van der Waals surface area contributed by atoms with Gasteiger partial charge in [0.25, 0.3) is 23.3 Å². The van der Waals surface area contributed by atoms with Gasteiger partial charge in [-0.05, 0) is 130 Å². The standard InChI is InChI=1S/C51H49F4N13O4S/c1-4-32-22-41-42(60-45(32)69)21-31(27-57-41)29-64-17-19-65(20-18-64)36-8-10-40(58-28-36)47(71)59-26-30-13-15-66(16-14-30)44-12-11-43(62-63-44)61-46(70)37-9-7-35(24-39(37)52)68-49(73)67(48(72)50(68,2)3)34-6-5-33(25-56)38(23-34)51(53,54)55/h5-12,21-24,27-28,30H,4,13-20,26,29H2,1-3H3,(H,59,71)(H,60,69)(H,61,62,70). The second-order valence-electron chi connectivity index (χ2n) is 18.6. The fourth-order valence-corrected chi connectivity index (χ4v) is 9.89. The number of thiocarbonyl (C=S) groups is 1. The highest BCUT2D eigenvalue weighted by atomic mass is 32.1. The average molecular weight is 1020 g/mol. The van der Waals surface area contributed by atoms with Gasteiger partial charge in [0, 0.05) is 69.8 Å². The molecule has 0 saturated carbocycles. The predicted octanol–water partition coefficient (Wildman–Crippen LogP) is 6.84. The average Bonchev–Trinajstić information content (AvgIpc) is 3.56. The van der Waals surface area contributed by atoms with Gasteiger partial charge in [-0.1, -0.05) is 6.92 Å². The number of pyridine rings is 3. The number of alkyl halides is 3. The molecule has 3 fully saturated rings. The minimum absolute atomic E-state index is 0.0694. The molecule has 3 aliphatic rings. The third-order valence-electron chi connectivity index (χ3n) is 13.5. The van der Waals surface area contributed by atoms with Crippen molar-refractivity contribution in [1.29, 1.82) is 5.26 Å². The van der Waals surface area contributed by atoms with Gasteiger partial charge < -0.3 is 30.3 Å². The summed E-state index contributed by atoms with van der Waals surface area (Å²) in [6.07, 6.45) is 0.948. The van der Waals surface area contributed by atoms with Gasteiger partial charge >= 0.3 is 6.18 Å². The van der Waals surface area contributed by atoms with Gasteiger partial charge in [-0.15, -0.1) is 10.2 Å². The molecule has 3 N–H and O–H groups in total. The number of aromatic amines is 1. The van der Waals surface area contributed by atoms with E-state index in [4.69, 9.17) is 12.2 Å². The number of rotatable bonds is 12. The lowest BCUT2D eigenvalue weighted by molar-refractivity contribution is -0.137. The summed E-state index contributed by atoms with van der Waals surface area (Å²) >= 11 is 5.55. The van der Waals surface area contributed by atoms with Gasteiger partial charge in [0.1, 0.15) is 17.1 Å². The summed E-state index contributed by atoms with van der Waals surface area (Å²) in [6, 6.07) is 18.6. The van der Waals surface area contributed by atoms with Crippen LogP contribution in [0.4, 0.5) is 46.3 Å². The third kappa shape index (κ3) is 10.4. The van der Waals surface area contributed by atoms with Crippen LogP contribution in [-0.2, 0) is 23.9 Å². The molecule has 9 rings (SSSR count). The van der Waals surface area contributed by atoms with Crippen LogP contribution in [0.5, 0.6) is 0 Å². The highest BCUT2D eigenvalue weighted by Crippen LogP contribution is 2.40. The van der Waals surface area contributed by atoms with Crippen LogP contribution in [0.1, 0.15) is 76.7 Å². The Hall–Kier alpha value is -7.90. The molecule has 22 heteroatoms. The lowest BCUT2D eigenvalue weighted by atomic mass is 9.96. The normalized spacial score (nSPS) is 16.5. The van der Waals surface area contributed by atoms with E-state index >= 15 is 4.39 Å². The quantitative estimate of drug-likeness (QED) is 0.0851. The molecule has 3 aliphatic heterocycles. The number of nitriles is 1. The van der Waals surface area contributed by atoms with Crippen molar-refractivity contribution < 1.29 is 31.9 Å². The number of hydrogen-bond acceptors (Lipinski definition) is 13. The van der Waals surface area contributed by atoms with Crippen LogP contribution in [0.3, 0.4) is 0 Å². The number of anilines is 5. The smallest absolute Gasteiger partial charge is 0.368 e. The topological polar surface area (TPSA) is 200 Å². The Balaban J connectivity index is 0.721. The number of piperazine rings is 1. The molecule has 0 unspecified atom stereocenters. The number of amides is 3. The molecule has 0 atom stereocenters. The van der Waals surface area contributed by atoms with Crippen LogP contribution in [0, 0.1) is 23.1 Å². The molecule has 4 aromatic heterocycles. The summed E-state index contributed by atoms with van der Waals surface area (Å²) in [5.41, 5.74) is 0.664. The van der Waals surface area contributed by atoms with Crippen molar-refractivity contribution in [3.05, 3.63) is 135 Å². The first-order valence-corrected chi connectivity index (χ1v) is 24.0. The Morgan fingerprint density at radius 2 is 1.60 bits per heavy atom. The zero-order chi connectivity index (χ0) is 51.8. The van der Waals surface area contributed by atoms with E-state index in [-0.39, 0.29) is 45.3 Å². The van der Waals surface area contributed by atoms with Crippen molar-refractivity contribution >= 4 is 74.8 Å². The predicted molar refractivity (Wildman–Crippen MR) is 270 cm³/mol. The van der Waals surface area contributed by atoms with Crippen molar-refractivity contribution in [2.24, 2.45) is 5.92 Å². The molecular formula is C51H49F4N13O4S. The first-order chi connectivity index (χ1) is 34.9. The molecule has 3 saturated heterocycles. The SMILES string of the molecule is CCc1cc2ncc(CN3CCN(c4ccc(C(=O)NCC5CCN(c6ccc(NC(=O)c7ccc(N8C(=S)N(c9ccc(C#N)c(C(F)(F)F)c9)C(=O)C8(C)C)cc7F)nn6)CC5)nc4)CC3)cc2[nH]c1=O. The van der Waals surface area contributed by atoms with Crippen LogP contribution in [0.15, 0.2) is 90.0 Å². The lowest BCUT2D eigenvalue weighted by Gasteiger charge is -2.36. The molecule has 0 spiro atoms. The Morgan fingerprint density at radius 1 is 0.863 bits per heavy atom. The fraction of sp³-hybridized carbons (Fsp3) is 0.333. The zero-order valence-electron chi connectivity index (χ0n) is 40.0. The number of carbonyl (C=O) groups is 3. The number of aryl methyl sites for hydroxylation is 1. The number of halogens is 4. The van der Waals surface area contributed by atoms with E-state index in [0.717, 1.165) is 90.4 Å². The number of H-pyrrole nitrogens is 1. The number of carbonyl (C=O) groups excluding carboxylic acids is 3. The highest BCUT2D eigenvalue weighted by molar-refractivity contribution is 7.81. The molecule has 0 bridgehead atoms. The maximum absolute atomic E-state index is 15.7. The number of piperidine rings is 1. The number of nitrogens with zero attached hydrogens (tertiary/aromatic N) is 10. The van der Waals surface area contributed by atoms with Crippen LogP contribution in [0.2, 0.25) is 0 Å². The van der Waals surface area contributed by atoms with E-state index in [1.165, 1.54) is 43.0 Å². The molecule has 3 amide bonds. The van der Waals surface area contributed by atoms with Crippen molar-refractivity contribution in [2.45, 2.75) is 58.3 Å². The first-order valence-electron chi connectivity index (χ1n) is 23.6. The van der Waals surface area contributed by atoms with Gasteiger partial charge in [0.05, 0.1) is 51.4 Å². The number of fused-ring (bicyclic) bond motifs is 1. The first kappa shape index (κ1) is 50.1. The maximum atomic E-state index is 15.7. The summed E-state index contributed by atoms with van der Waals surface area (Å²) in [5.74, 6) is -1.84. The minimum atomic E-state index is -4.88. The van der Waals surface area contributed by atoms with E-state index in [2.05, 4.69) is 45.6 Å². The largest absolute Gasteiger partial charge is 0.417 e. The molecule has 7 heterocycles. The van der Waals surface area contributed by atoms with E-state index < -0.39 is 40.5 Å². The molecule has 73 heavy (non-hydrogen) atoms. The molecule has 6 aromatic rings. The van der Waals surface area contributed by atoms with Crippen LogP contribution in [0.25, 0.3) is 11.0 Å². The van der Waals surface area contributed by atoms with E-state index in [9.17, 15) is 37.6 Å². The van der Waals surface area contributed by atoms with Gasteiger partial charge in [-0.25, -0.2) is 9.37 Å². The van der Waals surface area contributed by atoms with Gasteiger partial charge in [0.15, 0.2) is 16.7 Å². The monoisotopic (exact) mass is 1020 g/mol. The maximum Gasteiger partial charge on any atom is 0.417 e. The highest BCUT2D eigenvalue weighted by Gasteiger charge is 2.51. The number of hydrogen-bond donors (Lipinski definition) is 3. The Bertz CT molecular complexity index is 3220. The molecule has 2 aromatic carbocycles. The lowest BCUT2D eigenvalue weighted by Crippen LogP contribution is -2.46. The minimum Gasteiger partial charge on any atom is -0.368 e. The summed E-state index contributed by atoms with van der Waals surface area (Å²) in [4.78, 5) is 73.1. The molecule has 17 nitrogen and oxygen atoms in total. The van der Waals surface area contributed by atoms with Gasteiger partial charge in [0.2, 0.25) is 0 Å². The van der Waals surface area contributed by atoms with E-state index in [1.54, 1.807) is 24.4 Å². The molecule has 376 valence electrons. The summed E-state index contributed by atoms with van der Waals surface area (Å²) in [7, 11) is 0.